The predicted molar refractivity (Wildman–Crippen MR) is 90.1 cm³/mol. The summed E-state index contributed by atoms with van der Waals surface area (Å²) in [4.78, 5) is 28.0. The Labute approximate surface area is 140 Å². The highest BCUT2D eigenvalue weighted by Crippen LogP contribution is 2.26. The van der Waals surface area contributed by atoms with Gasteiger partial charge in [0.25, 0.3) is 5.91 Å². The fourth-order valence-corrected chi connectivity index (χ4v) is 2.69. The first-order chi connectivity index (χ1) is 11.6. The lowest BCUT2D eigenvalue weighted by Crippen LogP contribution is -2.27. The van der Waals surface area contributed by atoms with Gasteiger partial charge in [-0.1, -0.05) is 12.1 Å². The number of carbonyl (C=O) groups excluding carboxylic acids is 2. The average Bonchev–Trinajstić information content (AvgIpc) is 2.94. The van der Waals surface area contributed by atoms with Crippen LogP contribution in [0.4, 0.5) is 5.69 Å². The second kappa shape index (κ2) is 6.70. The number of carbonyl (C=O) groups is 2. The number of amides is 2. The predicted octanol–water partition coefficient (Wildman–Crippen LogP) is 2.47. The lowest BCUT2D eigenvalue weighted by Gasteiger charge is -2.16. The van der Waals surface area contributed by atoms with Gasteiger partial charge in [0.2, 0.25) is 11.8 Å². The first kappa shape index (κ1) is 16.0. The molecule has 1 atom stereocenters. The number of hydrogen-bond acceptors (Lipinski definition) is 4. The van der Waals surface area contributed by atoms with Crippen molar-refractivity contribution in [1.82, 2.24) is 10.3 Å². The van der Waals surface area contributed by atoms with Gasteiger partial charge in [-0.25, -0.2) is 4.98 Å². The first-order valence-corrected chi connectivity index (χ1v) is 7.90. The third-order valence-electron chi connectivity index (χ3n) is 3.90. The molecule has 2 N–H and O–H groups in total. The first-order valence-electron chi connectivity index (χ1n) is 7.90. The van der Waals surface area contributed by atoms with Gasteiger partial charge < -0.3 is 15.4 Å². The number of hydrogen-bond donors (Lipinski definition) is 2. The lowest BCUT2D eigenvalue weighted by atomic mass is 10.0. The minimum absolute atomic E-state index is 0.00412. The highest BCUT2D eigenvalue weighted by atomic mass is 16.5. The van der Waals surface area contributed by atoms with Gasteiger partial charge in [-0.05, 0) is 43.2 Å². The molecule has 2 aromatic rings. The number of nitrogens with zero attached hydrogens (tertiary/aromatic N) is 1. The summed E-state index contributed by atoms with van der Waals surface area (Å²) in [5, 5.41) is 5.75. The van der Waals surface area contributed by atoms with E-state index >= 15 is 0 Å². The molecule has 3 rings (SSSR count). The van der Waals surface area contributed by atoms with Crippen molar-refractivity contribution >= 4 is 17.5 Å². The van der Waals surface area contributed by atoms with Crippen LogP contribution in [0, 0.1) is 0 Å². The molecule has 1 aromatic carbocycles. The topological polar surface area (TPSA) is 80.3 Å². The number of benzene rings is 1. The minimum atomic E-state index is -0.242. The molecule has 0 bridgehead atoms. The van der Waals surface area contributed by atoms with E-state index in [1.165, 1.54) is 0 Å². The highest BCUT2D eigenvalue weighted by molar-refractivity contribution is 5.99. The van der Waals surface area contributed by atoms with E-state index in [1.54, 1.807) is 18.3 Å². The molecule has 0 saturated heterocycles. The van der Waals surface area contributed by atoms with E-state index in [2.05, 4.69) is 15.6 Å². The van der Waals surface area contributed by atoms with Crippen molar-refractivity contribution in [3.05, 3.63) is 53.2 Å². The number of ether oxygens (including phenoxy) is 1. The molecule has 1 unspecified atom stereocenters. The van der Waals surface area contributed by atoms with Crippen molar-refractivity contribution in [3.8, 4) is 5.88 Å². The molecule has 0 aliphatic carbocycles. The van der Waals surface area contributed by atoms with Crippen molar-refractivity contribution < 1.29 is 14.3 Å². The number of aromatic nitrogens is 1. The number of rotatable bonds is 5. The van der Waals surface area contributed by atoms with Gasteiger partial charge >= 0.3 is 0 Å². The Hall–Kier alpha value is -2.89. The van der Waals surface area contributed by atoms with Crippen LogP contribution in [0.2, 0.25) is 0 Å². The quantitative estimate of drug-likeness (QED) is 0.885. The zero-order chi connectivity index (χ0) is 17.1. The van der Waals surface area contributed by atoms with Crippen molar-refractivity contribution in [2.24, 2.45) is 0 Å². The van der Waals surface area contributed by atoms with Crippen LogP contribution in [-0.2, 0) is 11.2 Å². The second-order valence-corrected chi connectivity index (χ2v) is 5.63. The van der Waals surface area contributed by atoms with Crippen molar-refractivity contribution in [2.75, 3.05) is 11.9 Å². The van der Waals surface area contributed by atoms with Crippen LogP contribution in [0.15, 0.2) is 36.5 Å². The van der Waals surface area contributed by atoms with Crippen LogP contribution in [-0.4, -0.2) is 23.4 Å². The molecular weight excluding hydrogens is 306 g/mol. The van der Waals surface area contributed by atoms with Crippen LogP contribution in [0.3, 0.4) is 0 Å². The summed E-state index contributed by atoms with van der Waals surface area (Å²) >= 11 is 0. The van der Waals surface area contributed by atoms with Gasteiger partial charge in [0, 0.05) is 11.9 Å². The maximum atomic E-state index is 12.5. The van der Waals surface area contributed by atoms with Gasteiger partial charge in [0.05, 0.1) is 19.1 Å². The Kier molecular flexibility index (Phi) is 4.46. The van der Waals surface area contributed by atoms with Crippen LogP contribution in [0.5, 0.6) is 5.88 Å². The summed E-state index contributed by atoms with van der Waals surface area (Å²) in [6, 6.07) is 8.91. The van der Waals surface area contributed by atoms with E-state index in [4.69, 9.17) is 4.74 Å². The SMILES string of the molecule is CCOc1ncccc1C(=O)NC(C)c1ccc2c(c1)CC(=O)N2. The largest absolute Gasteiger partial charge is 0.477 e. The number of anilines is 1. The second-order valence-electron chi connectivity index (χ2n) is 5.63. The average molecular weight is 325 g/mol. The molecule has 1 aromatic heterocycles. The highest BCUT2D eigenvalue weighted by Gasteiger charge is 2.20. The minimum Gasteiger partial charge on any atom is -0.477 e. The third-order valence-corrected chi connectivity index (χ3v) is 3.90. The Balaban J connectivity index is 1.75. The summed E-state index contributed by atoms with van der Waals surface area (Å²) in [6.07, 6.45) is 1.97. The van der Waals surface area contributed by atoms with E-state index in [0.29, 0.717) is 24.5 Å². The molecule has 1 aliphatic heterocycles. The summed E-state index contributed by atoms with van der Waals surface area (Å²) < 4.78 is 5.40. The molecule has 24 heavy (non-hydrogen) atoms. The molecular formula is C18H19N3O3. The zero-order valence-electron chi connectivity index (χ0n) is 13.6. The lowest BCUT2D eigenvalue weighted by molar-refractivity contribution is -0.115. The van der Waals surface area contributed by atoms with E-state index < -0.39 is 0 Å². The van der Waals surface area contributed by atoms with Crippen LogP contribution < -0.4 is 15.4 Å². The fraction of sp³-hybridized carbons (Fsp3) is 0.278. The van der Waals surface area contributed by atoms with Crippen LogP contribution >= 0.6 is 0 Å². The maximum Gasteiger partial charge on any atom is 0.257 e. The van der Waals surface area contributed by atoms with Gasteiger partial charge in [0.15, 0.2) is 0 Å². The molecule has 0 radical (unpaired) electrons. The van der Waals surface area contributed by atoms with Crippen molar-refractivity contribution in [3.63, 3.8) is 0 Å². The number of nitrogens with one attached hydrogen (secondary N) is 2. The molecule has 0 spiro atoms. The molecule has 0 saturated carbocycles. The summed E-state index contributed by atoms with van der Waals surface area (Å²) in [5.41, 5.74) is 3.15. The molecule has 6 nitrogen and oxygen atoms in total. The summed E-state index contributed by atoms with van der Waals surface area (Å²) in [7, 11) is 0. The number of pyridine rings is 1. The van der Waals surface area contributed by atoms with Crippen molar-refractivity contribution in [1.29, 1.82) is 0 Å². The standard InChI is InChI=1S/C18H19N3O3/c1-3-24-18-14(5-4-8-19-18)17(23)20-11(2)12-6-7-15-13(9-12)10-16(22)21-15/h4-9,11H,3,10H2,1-2H3,(H,20,23)(H,21,22). The van der Waals surface area contributed by atoms with Crippen molar-refractivity contribution in [2.45, 2.75) is 26.3 Å². The Bertz CT molecular complexity index is 789. The monoisotopic (exact) mass is 325 g/mol. The van der Waals surface area contributed by atoms with Gasteiger partial charge in [-0.3, -0.25) is 9.59 Å². The molecule has 1 aliphatic rings. The van der Waals surface area contributed by atoms with E-state index in [0.717, 1.165) is 16.8 Å². The van der Waals surface area contributed by atoms with Gasteiger partial charge in [-0.2, -0.15) is 0 Å². The molecule has 0 fully saturated rings. The summed E-state index contributed by atoms with van der Waals surface area (Å²) in [6.45, 7) is 4.19. The normalized spacial score (nSPS) is 13.8. The zero-order valence-corrected chi connectivity index (χ0v) is 13.6. The maximum absolute atomic E-state index is 12.5. The van der Waals surface area contributed by atoms with E-state index in [1.807, 2.05) is 32.0 Å². The Morgan fingerprint density at radius 3 is 3.04 bits per heavy atom. The molecule has 6 heteroatoms. The molecule has 2 heterocycles. The summed E-state index contributed by atoms with van der Waals surface area (Å²) in [5.74, 6) is 0.0813. The van der Waals surface area contributed by atoms with Crippen LogP contribution in [0.1, 0.15) is 41.4 Å². The van der Waals surface area contributed by atoms with Crippen LogP contribution in [0.25, 0.3) is 0 Å². The smallest absolute Gasteiger partial charge is 0.257 e. The third kappa shape index (κ3) is 3.22. The van der Waals surface area contributed by atoms with E-state index in [9.17, 15) is 9.59 Å². The Morgan fingerprint density at radius 2 is 2.25 bits per heavy atom. The van der Waals surface area contributed by atoms with E-state index in [-0.39, 0.29) is 17.9 Å². The Morgan fingerprint density at radius 1 is 1.42 bits per heavy atom. The van der Waals surface area contributed by atoms with Gasteiger partial charge in [-0.15, -0.1) is 0 Å². The van der Waals surface area contributed by atoms with Gasteiger partial charge in [0.1, 0.15) is 5.56 Å². The number of fused-ring (bicyclic) bond motifs is 1. The fourth-order valence-electron chi connectivity index (χ4n) is 2.69. The molecule has 124 valence electrons. The molecule has 2 amide bonds.